The van der Waals surface area contributed by atoms with Crippen molar-refractivity contribution in [2.24, 2.45) is 0 Å². The fourth-order valence-corrected chi connectivity index (χ4v) is 2.85. The second-order valence-electron chi connectivity index (χ2n) is 5.97. The maximum atomic E-state index is 13.1. The van der Waals surface area contributed by atoms with Crippen LogP contribution in [-0.2, 0) is 4.79 Å². The molecule has 1 aliphatic rings. The molecule has 1 fully saturated rings. The van der Waals surface area contributed by atoms with Crippen LogP contribution in [0.4, 0.5) is 15.8 Å². The van der Waals surface area contributed by atoms with Crippen LogP contribution < -0.4 is 4.90 Å². The summed E-state index contributed by atoms with van der Waals surface area (Å²) in [5, 5.41) is 10.7. The van der Waals surface area contributed by atoms with Gasteiger partial charge in [-0.2, -0.15) is 0 Å². The molecule has 0 N–H and O–H groups in total. The number of carbonyl (C=O) groups is 1. The van der Waals surface area contributed by atoms with Crippen LogP contribution in [0.5, 0.6) is 0 Å². The van der Waals surface area contributed by atoms with Gasteiger partial charge in [-0.15, -0.1) is 0 Å². The summed E-state index contributed by atoms with van der Waals surface area (Å²) in [6.07, 6.45) is 3.06. The lowest BCUT2D eigenvalue weighted by molar-refractivity contribution is -0.384. The number of anilines is 1. The Hall–Kier alpha value is -3.22. The van der Waals surface area contributed by atoms with Crippen molar-refractivity contribution in [2.75, 3.05) is 31.1 Å². The van der Waals surface area contributed by atoms with Crippen molar-refractivity contribution in [1.29, 1.82) is 0 Å². The summed E-state index contributed by atoms with van der Waals surface area (Å²) >= 11 is 0. The Balaban J connectivity index is 1.56. The van der Waals surface area contributed by atoms with Crippen LogP contribution in [0.25, 0.3) is 6.08 Å². The topological polar surface area (TPSA) is 66.7 Å². The summed E-state index contributed by atoms with van der Waals surface area (Å²) in [4.78, 5) is 26.4. The van der Waals surface area contributed by atoms with E-state index in [9.17, 15) is 19.3 Å². The van der Waals surface area contributed by atoms with E-state index in [1.807, 2.05) is 0 Å². The molecule has 3 rings (SSSR count). The molecule has 1 heterocycles. The number of halogens is 1. The molecule has 0 saturated carbocycles. The third kappa shape index (κ3) is 4.24. The number of benzene rings is 2. The number of amides is 1. The lowest BCUT2D eigenvalue weighted by Crippen LogP contribution is -2.48. The summed E-state index contributed by atoms with van der Waals surface area (Å²) in [6, 6.07) is 12.5. The second-order valence-corrected chi connectivity index (χ2v) is 5.97. The van der Waals surface area contributed by atoms with Crippen LogP contribution in [0.2, 0.25) is 0 Å². The zero-order valence-electron chi connectivity index (χ0n) is 14.0. The lowest BCUT2D eigenvalue weighted by atomic mass is 10.2. The maximum absolute atomic E-state index is 13.1. The molecule has 0 spiro atoms. The molecule has 2 aromatic carbocycles. The van der Waals surface area contributed by atoms with Gasteiger partial charge in [-0.25, -0.2) is 4.39 Å². The predicted octanol–water partition coefficient (Wildman–Crippen LogP) is 3.10. The molecule has 134 valence electrons. The Morgan fingerprint density at radius 2 is 1.77 bits per heavy atom. The Bertz CT molecular complexity index is 828. The van der Waals surface area contributed by atoms with Crippen molar-refractivity contribution in [3.8, 4) is 0 Å². The van der Waals surface area contributed by atoms with Gasteiger partial charge < -0.3 is 9.80 Å². The Labute approximate surface area is 150 Å². The van der Waals surface area contributed by atoms with E-state index in [0.29, 0.717) is 31.7 Å². The summed E-state index contributed by atoms with van der Waals surface area (Å²) in [5.74, 6) is -0.450. The molecule has 0 bridgehead atoms. The van der Waals surface area contributed by atoms with Crippen molar-refractivity contribution in [3.05, 3.63) is 76.1 Å². The third-order valence-corrected chi connectivity index (χ3v) is 4.28. The van der Waals surface area contributed by atoms with Gasteiger partial charge >= 0.3 is 0 Å². The summed E-state index contributed by atoms with van der Waals surface area (Å²) in [6.45, 7) is 2.42. The first-order valence-corrected chi connectivity index (χ1v) is 8.25. The SMILES string of the molecule is O=C(/C=C/c1cccc(F)c1)N1CCN(c2ccc([N+](=O)[O-])cc2)CC1. The first-order valence-electron chi connectivity index (χ1n) is 8.25. The van der Waals surface area contributed by atoms with Gasteiger partial charge in [0.2, 0.25) is 5.91 Å². The molecule has 0 aromatic heterocycles. The maximum Gasteiger partial charge on any atom is 0.269 e. The van der Waals surface area contributed by atoms with Crippen molar-refractivity contribution < 1.29 is 14.1 Å². The van der Waals surface area contributed by atoms with Gasteiger partial charge in [0.15, 0.2) is 0 Å². The number of nitrogens with zero attached hydrogens (tertiary/aromatic N) is 3. The minimum absolute atomic E-state index is 0.0602. The van der Waals surface area contributed by atoms with Crippen molar-refractivity contribution >= 4 is 23.4 Å². The molecule has 0 atom stereocenters. The van der Waals surface area contributed by atoms with Crippen molar-refractivity contribution in [3.63, 3.8) is 0 Å². The van der Waals surface area contributed by atoms with Crippen LogP contribution in [0, 0.1) is 15.9 Å². The molecule has 0 aliphatic carbocycles. The quantitative estimate of drug-likeness (QED) is 0.480. The number of carbonyl (C=O) groups excluding carboxylic acids is 1. The number of non-ortho nitro benzene ring substituents is 1. The Morgan fingerprint density at radius 1 is 1.08 bits per heavy atom. The fourth-order valence-electron chi connectivity index (χ4n) is 2.85. The van der Waals surface area contributed by atoms with E-state index in [2.05, 4.69) is 4.90 Å². The minimum Gasteiger partial charge on any atom is -0.368 e. The van der Waals surface area contributed by atoms with Crippen LogP contribution in [0.1, 0.15) is 5.56 Å². The number of piperazine rings is 1. The summed E-state index contributed by atoms with van der Waals surface area (Å²) < 4.78 is 13.1. The van der Waals surface area contributed by atoms with Crippen LogP contribution in [0.3, 0.4) is 0 Å². The highest BCUT2D eigenvalue weighted by Gasteiger charge is 2.20. The van der Waals surface area contributed by atoms with Gasteiger partial charge in [0.1, 0.15) is 5.82 Å². The Kier molecular flexibility index (Phi) is 5.26. The predicted molar refractivity (Wildman–Crippen MR) is 97.3 cm³/mol. The molecule has 2 aromatic rings. The first kappa shape index (κ1) is 17.6. The van der Waals surface area contributed by atoms with Gasteiger partial charge in [-0.1, -0.05) is 12.1 Å². The molecule has 26 heavy (non-hydrogen) atoms. The lowest BCUT2D eigenvalue weighted by Gasteiger charge is -2.35. The highest BCUT2D eigenvalue weighted by atomic mass is 19.1. The van der Waals surface area contributed by atoms with Crippen molar-refractivity contribution in [1.82, 2.24) is 4.90 Å². The molecule has 0 radical (unpaired) electrons. The number of hydrogen-bond donors (Lipinski definition) is 0. The number of hydrogen-bond acceptors (Lipinski definition) is 4. The highest BCUT2D eigenvalue weighted by molar-refractivity contribution is 5.92. The average Bonchev–Trinajstić information content (AvgIpc) is 2.66. The van der Waals surface area contributed by atoms with E-state index < -0.39 is 4.92 Å². The molecular formula is C19H18FN3O3. The van der Waals surface area contributed by atoms with Gasteiger partial charge in [-0.3, -0.25) is 14.9 Å². The fraction of sp³-hybridized carbons (Fsp3) is 0.211. The van der Waals surface area contributed by atoms with Gasteiger partial charge in [0, 0.05) is 50.1 Å². The average molecular weight is 355 g/mol. The molecular weight excluding hydrogens is 337 g/mol. The minimum atomic E-state index is -0.425. The molecule has 6 nitrogen and oxygen atoms in total. The zero-order valence-corrected chi connectivity index (χ0v) is 14.0. The number of rotatable bonds is 4. The third-order valence-electron chi connectivity index (χ3n) is 4.28. The first-order chi connectivity index (χ1) is 12.5. The molecule has 0 unspecified atom stereocenters. The normalized spacial score (nSPS) is 14.7. The van der Waals surface area contributed by atoms with E-state index in [1.165, 1.54) is 30.3 Å². The summed E-state index contributed by atoms with van der Waals surface area (Å²) in [5.41, 5.74) is 1.60. The monoisotopic (exact) mass is 355 g/mol. The van der Waals surface area contributed by atoms with E-state index in [-0.39, 0.29) is 17.4 Å². The van der Waals surface area contributed by atoms with Gasteiger partial charge in [0.25, 0.3) is 5.69 Å². The van der Waals surface area contributed by atoms with Gasteiger partial charge in [0.05, 0.1) is 4.92 Å². The summed E-state index contributed by atoms with van der Waals surface area (Å²) in [7, 11) is 0. The standard InChI is InChI=1S/C19H18FN3O3/c20-16-3-1-2-15(14-16)4-9-19(24)22-12-10-21(11-13-22)17-5-7-18(8-6-17)23(25)26/h1-9,14H,10-13H2/b9-4+. The smallest absolute Gasteiger partial charge is 0.269 e. The van der Waals surface area contributed by atoms with E-state index >= 15 is 0 Å². The molecule has 1 saturated heterocycles. The largest absolute Gasteiger partial charge is 0.368 e. The van der Waals surface area contributed by atoms with Crippen molar-refractivity contribution in [2.45, 2.75) is 0 Å². The van der Waals surface area contributed by atoms with Gasteiger partial charge in [-0.05, 0) is 35.9 Å². The van der Waals surface area contributed by atoms with E-state index in [1.54, 1.807) is 35.2 Å². The van der Waals surface area contributed by atoms with Crippen LogP contribution in [-0.4, -0.2) is 41.9 Å². The van der Waals surface area contributed by atoms with Crippen LogP contribution >= 0.6 is 0 Å². The molecule has 1 amide bonds. The number of nitro benzene ring substituents is 1. The van der Waals surface area contributed by atoms with E-state index in [0.717, 1.165) is 5.69 Å². The van der Waals surface area contributed by atoms with E-state index in [4.69, 9.17) is 0 Å². The number of nitro groups is 1. The zero-order chi connectivity index (χ0) is 18.5. The second kappa shape index (κ2) is 7.77. The molecule has 1 aliphatic heterocycles. The molecule has 7 heteroatoms. The Morgan fingerprint density at radius 3 is 2.38 bits per heavy atom. The van der Waals surface area contributed by atoms with Crippen LogP contribution in [0.15, 0.2) is 54.6 Å². The highest BCUT2D eigenvalue weighted by Crippen LogP contribution is 2.20.